The number of nitrogens with zero attached hydrogens (tertiary/aromatic N) is 1. The lowest BCUT2D eigenvalue weighted by Gasteiger charge is -2.09. The second-order valence-electron chi connectivity index (χ2n) is 4.58. The Morgan fingerprint density at radius 3 is 2.50 bits per heavy atom. The van der Waals surface area contributed by atoms with Crippen molar-refractivity contribution in [2.75, 3.05) is 13.7 Å². The van der Waals surface area contributed by atoms with Gasteiger partial charge in [0.15, 0.2) is 0 Å². The molecule has 0 spiro atoms. The van der Waals surface area contributed by atoms with Crippen molar-refractivity contribution in [1.29, 1.82) is 0 Å². The Labute approximate surface area is 143 Å². The summed E-state index contributed by atoms with van der Waals surface area (Å²) in [5, 5.41) is 2.97. The van der Waals surface area contributed by atoms with E-state index in [1.807, 2.05) is 0 Å². The van der Waals surface area contributed by atoms with Crippen molar-refractivity contribution in [3.8, 4) is 0 Å². The molecule has 0 aromatic heterocycles. The summed E-state index contributed by atoms with van der Waals surface area (Å²) in [4.78, 5) is 35.8. The molecule has 0 saturated carbocycles. The molecular weight excluding hydrogens is 330 g/mol. The zero-order valence-electron chi connectivity index (χ0n) is 13.1. The quantitative estimate of drug-likeness (QED) is 0.576. The van der Waals surface area contributed by atoms with Crippen LogP contribution < -0.4 is 0 Å². The maximum Gasteiger partial charge on any atom is 0.339 e. The van der Waals surface area contributed by atoms with Crippen LogP contribution in [-0.4, -0.2) is 25.7 Å². The Kier molecular flexibility index (Phi) is 6.08. The summed E-state index contributed by atoms with van der Waals surface area (Å²) in [5.41, 5.74) is 0.735. The third-order valence-electron chi connectivity index (χ3n) is 3.08. The second kappa shape index (κ2) is 8.26. The fourth-order valence-electron chi connectivity index (χ4n) is 1.97. The van der Waals surface area contributed by atoms with Crippen molar-refractivity contribution >= 4 is 29.4 Å². The van der Waals surface area contributed by atoms with Crippen LogP contribution in [0.25, 0.3) is 0 Å². The summed E-state index contributed by atoms with van der Waals surface area (Å²) in [6.45, 7) is 1.94. The Hall–Kier alpha value is -2.67. The predicted octanol–water partition coefficient (Wildman–Crippen LogP) is 4.20. The highest BCUT2D eigenvalue weighted by Crippen LogP contribution is 2.37. The van der Waals surface area contributed by atoms with E-state index in [0.717, 1.165) is 0 Å². The Balaban J connectivity index is 2.36. The van der Waals surface area contributed by atoms with Crippen LogP contribution in [0.15, 0.2) is 57.4 Å². The van der Waals surface area contributed by atoms with Crippen LogP contribution in [-0.2, 0) is 9.47 Å². The molecule has 2 aromatic rings. The van der Waals surface area contributed by atoms with E-state index in [-0.39, 0.29) is 17.9 Å². The number of nitroso groups, excluding NO2 is 1. The first-order chi connectivity index (χ1) is 11.6. The molecule has 2 rings (SSSR count). The van der Waals surface area contributed by atoms with Gasteiger partial charge in [-0.05, 0) is 42.4 Å². The van der Waals surface area contributed by atoms with Crippen LogP contribution >= 0.6 is 11.8 Å². The highest BCUT2D eigenvalue weighted by atomic mass is 32.2. The van der Waals surface area contributed by atoms with Gasteiger partial charge in [-0.1, -0.05) is 23.9 Å². The highest BCUT2D eigenvalue weighted by molar-refractivity contribution is 7.99. The largest absolute Gasteiger partial charge is 0.465 e. The predicted molar refractivity (Wildman–Crippen MR) is 89.8 cm³/mol. The molecule has 0 bridgehead atoms. The highest BCUT2D eigenvalue weighted by Gasteiger charge is 2.16. The molecule has 0 fully saturated rings. The number of ether oxygens (including phenoxy) is 2. The molecule has 0 heterocycles. The molecule has 0 unspecified atom stereocenters. The van der Waals surface area contributed by atoms with Gasteiger partial charge < -0.3 is 9.47 Å². The molecule has 0 radical (unpaired) electrons. The zero-order chi connectivity index (χ0) is 17.5. The first-order valence-electron chi connectivity index (χ1n) is 7.10. The van der Waals surface area contributed by atoms with Crippen molar-refractivity contribution in [2.45, 2.75) is 16.7 Å². The third-order valence-corrected chi connectivity index (χ3v) is 4.22. The minimum Gasteiger partial charge on any atom is -0.465 e. The summed E-state index contributed by atoms with van der Waals surface area (Å²) < 4.78 is 9.65. The van der Waals surface area contributed by atoms with Crippen molar-refractivity contribution < 1.29 is 19.1 Å². The van der Waals surface area contributed by atoms with E-state index in [9.17, 15) is 14.5 Å². The van der Waals surface area contributed by atoms with Crippen LogP contribution in [0.5, 0.6) is 0 Å². The van der Waals surface area contributed by atoms with Gasteiger partial charge in [0, 0.05) is 9.79 Å². The van der Waals surface area contributed by atoms with E-state index in [0.29, 0.717) is 15.4 Å². The molecule has 2 aromatic carbocycles. The normalized spacial score (nSPS) is 10.1. The first kappa shape index (κ1) is 17.7. The summed E-state index contributed by atoms with van der Waals surface area (Å²) in [5.74, 6) is -0.990. The molecule has 0 aliphatic carbocycles. The van der Waals surface area contributed by atoms with Crippen molar-refractivity contribution in [1.82, 2.24) is 0 Å². The SMILES string of the molecule is CCOC(=O)c1ccc(Sc2ccccc2C(=O)OC)c(N=O)c1. The number of carbonyl (C=O) groups is 2. The van der Waals surface area contributed by atoms with Gasteiger partial charge in [-0.3, -0.25) is 0 Å². The maximum atomic E-state index is 11.8. The Morgan fingerprint density at radius 1 is 1.08 bits per heavy atom. The number of esters is 2. The van der Waals surface area contributed by atoms with Crippen LogP contribution in [0.3, 0.4) is 0 Å². The third kappa shape index (κ3) is 3.99. The minimum absolute atomic E-state index is 0.102. The van der Waals surface area contributed by atoms with Gasteiger partial charge in [0.1, 0.15) is 5.69 Å². The number of hydrogen-bond donors (Lipinski definition) is 0. The molecule has 7 heteroatoms. The fourth-order valence-corrected chi connectivity index (χ4v) is 2.95. The van der Waals surface area contributed by atoms with E-state index in [1.54, 1.807) is 43.3 Å². The van der Waals surface area contributed by atoms with Crippen molar-refractivity contribution in [2.24, 2.45) is 5.18 Å². The first-order valence-corrected chi connectivity index (χ1v) is 7.92. The second-order valence-corrected chi connectivity index (χ2v) is 5.67. The molecule has 0 saturated heterocycles. The molecule has 0 N–H and O–H groups in total. The topological polar surface area (TPSA) is 82.0 Å². The van der Waals surface area contributed by atoms with Gasteiger partial charge in [0.25, 0.3) is 0 Å². The number of methoxy groups -OCH3 is 1. The Bertz CT molecular complexity index is 775. The molecule has 0 aliphatic rings. The van der Waals surface area contributed by atoms with Gasteiger partial charge in [-0.2, -0.15) is 0 Å². The lowest BCUT2D eigenvalue weighted by molar-refractivity contribution is 0.0525. The van der Waals surface area contributed by atoms with E-state index < -0.39 is 11.9 Å². The zero-order valence-corrected chi connectivity index (χ0v) is 14.0. The van der Waals surface area contributed by atoms with Gasteiger partial charge in [0.2, 0.25) is 0 Å². The number of hydrogen-bond acceptors (Lipinski definition) is 7. The molecule has 0 aliphatic heterocycles. The van der Waals surface area contributed by atoms with Crippen molar-refractivity contribution in [3.05, 3.63) is 58.5 Å². The molecular formula is C17H15NO5S. The average molecular weight is 345 g/mol. The summed E-state index contributed by atoms with van der Waals surface area (Å²) in [7, 11) is 1.30. The van der Waals surface area contributed by atoms with Gasteiger partial charge in [0.05, 0.1) is 24.8 Å². The van der Waals surface area contributed by atoms with Crippen LogP contribution in [0, 0.1) is 4.91 Å². The van der Waals surface area contributed by atoms with E-state index in [4.69, 9.17) is 9.47 Å². The van der Waals surface area contributed by atoms with Crippen LogP contribution in [0.4, 0.5) is 5.69 Å². The Morgan fingerprint density at radius 2 is 1.83 bits per heavy atom. The summed E-state index contributed by atoms with van der Waals surface area (Å²) >= 11 is 1.20. The number of carbonyl (C=O) groups excluding carboxylic acids is 2. The van der Waals surface area contributed by atoms with E-state index in [1.165, 1.54) is 24.9 Å². The van der Waals surface area contributed by atoms with Gasteiger partial charge in [-0.25, -0.2) is 9.59 Å². The number of rotatable bonds is 6. The fraction of sp³-hybridized carbons (Fsp3) is 0.176. The smallest absolute Gasteiger partial charge is 0.339 e. The summed E-state index contributed by atoms with van der Waals surface area (Å²) in [6.07, 6.45) is 0. The van der Waals surface area contributed by atoms with Gasteiger partial charge in [-0.15, -0.1) is 4.91 Å². The van der Waals surface area contributed by atoms with Crippen molar-refractivity contribution in [3.63, 3.8) is 0 Å². The molecule has 0 atom stereocenters. The van der Waals surface area contributed by atoms with E-state index in [2.05, 4.69) is 5.18 Å². The summed E-state index contributed by atoms with van der Waals surface area (Å²) in [6, 6.07) is 11.4. The number of benzene rings is 2. The lowest BCUT2D eigenvalue weighted by atomic mass is 10.2. The molecule has 24 heavy (non-hydrogen) atoms. The van der Waals surface area contributed by atoms with Crippen LogP contribution in [0.2, 0.25) is 0 Å². The lowest BCUT2D eigenvalue weighted by Crippen LogP contribution is -2.04. The standard InChI is InChI=1S/C17H15NO5S/c1-3-23-16(19)11-8-9-15(13(10-11)18-21)24-14-7-5-4-6-12(14)17(20)22-2/h4-10H,3H2,1-2H3. The minimum atomic E-state index is -0.520. The van der Waals surface area contributed by atoms with Gasteiger partial charge >= 0.3 is 11.9 Å². The molecule has 0 amide bonds. The molecule has 6 nitrogen and oxygen atoms in total. The van der Waals surface area contributed by atoms with Crippen LogP contribution in [0.1, 0.15) is 27.6 Å². The molecule has 124 valence electrons. The monoisotopic (exact) mass is 345 g/mol. The van der Waals surface area contributed by atoms with E-state index >= 15 is 0 Å². The maximum absolute atomic E-state index is 11.8. The average Bonchev–Trinajstić information content (AvgIpc) is 2.62.